The predicted octanol–water partition coefficient (Wildman–Crippen LogP) is 4.96. The van der Waals surface area contributed by atoms with Crippen molar-refractivity contribution in [3.63, 3.8) is 0 Å². The second-order valence-corrected chi connectivity index (χ2v) is 9.02. The lowest BCUT2D eigenvalue weighted by Gasteiger charge is -2.31. The first-order valence-corrected chi connectivity index (χ1v) is 12.4. The van der Waals surface area contributed by atoms with Crippen LogP contribution in [-0.2, 0) is 21.9 Å². The van der Waals surface area contributed by atoms with E-state index in [2.05, 4.69) is 24.4 Å². The van der Waals surface area contributed by atoms with Gasteiger partial charge in [0.25, 0.3) is 0 Å². The Morgan fingerprint density at radius 2 is 1.75 bits per heavy atom. The van der Waals surface area contributed by atoms with Gasteiger partial charge in [-0.2, -0.15) is 0 Å². The number of methoxy groups -OCH3 is 1. The van der Waals surface area contributed by atoms with E-state index in [1.54, 1.807) is 23.8 Å². The first-order valence-electron chi connectivity index (χ1n) is 11.2. The fraction of sp³-hybridized carbons (Fsp3) is 0.462. The van der Waals surface area contributed by atoms with Crippen LogP contribution in [0.15, 0.2) is 48.5 Å². The molecule has 0 aromatic heterocycles. The Labute approximate surface area is 196 Å². The maximum atomic E-state index is 13.3. The molecule has 5 nitrogen and oxygen atoms in total. The summed E-state index contributed by atoms with van der Waals surface area (Å²) < 4.78 is 5.24. The third-order valence-corrected chi connectivity index (χ3v) is 6.61. The molecule has 2 rings (SSSR count). The number of carbonyl (C=O) groups excluding carboxylic acids is 2. The minimum atomic E-state index is -0.502. The smallest absolute Gasteiger partial charge is 0.243 e. The van der Waals surface area contributed by atoms with Crippen molar-refractivity contribution in [1.29, 1.82) is 0 Å². The summed E-state index contributed by atoms with van der Waals surface area (Å²) in [7, 11) is 1.63. The number of rotatable bonds is 12. The van der Waals surface area contributed by atoms with E-state index in [1.807, 2.05) is 57.2 Å². The normalized spacial score (nSPS) is 12.7. The Kier molecular flexibility index (Phi) is 10.6. The van der Waals surface area contributed by atoms with Gasteiger partial charge in [-0.3, -0.25) is 9.59 Å². The number of hydrogen-bond acceptors (Lipinski definition) is 4. The third-order valence-electron chi connectivity index (χ3n) is 5.64. The number of nitrogens with zero attached hydrogens (tertiary/aromatic N) is 1. The van der Waals surface area contributed by atoms with Gasteiger partial charge in [0.15, 0.2) is 0 Å². The van der Waals surface area contributed by atoms with Crippen LogP contribution in [0.1, 0.15) is 50.3 Å². The van der Waals surface area contributed by atoms with Crippen molar-refractivity contribution in [3.8, 4) is 5.75 Å². The fourth-order valence-corrected chi connectivity index (χ4v) is 4.38. The SMILES string of the molecule is CC[C@@H](C)NC(=O)[C@@H](CC)N(Cc1ccc(OC)cc1)C(=O)CSCc1ccccc1C. The van der Waals surface area contributed by atoms with Crippen LogP contribution >= 0.6 is 11.8 Å². The number of benzene rings is 2. The van der Waals surface area contributed by atoms with Crippen molar-refractivity contribution in [2.45, 2.75) is 64.9 Å². The van der Waals surface area contributed by atoms with Crippen LogP contribution in [0, 0.1) is 6.92 Å². The molecule has 0 saturated carbocycles. The van der Waals surface area contributed by atoms with E-state index in [1.165, 1.54) is 11.1 Å². The van der Waals surface area contributed by atoms with Crippen LogP contribution in [0.2, 0.25) is 0 Å². The molecule has 0 spiro atoms. The highest BCUT2D eigenvalue weighted by Crippen LogP contribution is 2.20. The molecule has 6 heteroatoms. The number of hydrogen-bond donors (Lipinski definition) is 1. The van der Waals surface area contributed by atoms with E-state index in [9.17, 15) is 9.59 Å². The van der Waals surface area contributed by atoms with Gasteiger partial charge in [0.2, 0.25) is 11.8 Å². The Bertz CT molecular complexity index is 870. The van der Waals surface area contributed by atoms with Gasteiger partial charge in [0.1, 0.15) is 11.8 Å². The van der Waals surface area contributed by atoms with E-state index in [0.717, 1.165) is 23.5 Å². The van der Waals surface area contributed by atoms with Gasteiger partial charge < -0.3 is 15.0 Å². The molecule has 0 radical (unpaired) electrons. The molecule has 0 saturated heterocycles. The summed E-state index contributed by atoms with van der Waals surface area (Å²) in [6.45, 7) is 8.45. The Morgan fingerprint density at radius 1 is 1.06 bits per heavy atom. The zero-order valence-corrected chi connectivity index (χ0v) is 20.7. The van der Waals surface area contributed by atoms with Crippen LogP contribution < -0.4 is 10.1 Å². The van der Waals surface area contributed by atoms with Gasteiger partial charge >= 0.3 is 0 Å². The summed E-state index contributed by atoms with van der Waals surface area (Å²) in [6, 6.07) is 15.4. The molecule has 2 atom stereocenters. The second kappa shape index (κ2) is 13.2. The molecule has 0 aliphatic carbocycles. The molecule has 32 heavy (non-hydrogen) atoms. The van der Waals surface area contributed by atoms with Gasteiger partial charge in [0.05, 0.1) is 12.9 Å². The summed E-state index contributed by atoms with van der Waals surface area (Å²) in [5.74, 6) is 1.75. The largest absolute Gasteiger partial charge is 0.497 e. The van der Waals surface area contributed by atoms with Gasteiger partial charge in [-0.05, 0) is 55.5 Å². The maximum Gasteiger partial charge on any atom is 0.243 e. The minimum Gasteiger partial charge on any atom is -0.497 e. The quantitative estimate of drug-likeness (QED) is 0.490. The van der Waals surface area contributed by atoms with E-state index in [-0.39, 0.29) is 17.9 Å². The van der Waals surface area contributed by atoms with Crippen molar-refractivity contribution >= 4 is 23.6 Å². The number of amides is 2. The number of carbonyl (C=O) groups is 2. The molecule has 0 aliphatic heterocycles. The summed E-state index contributed by atoms with van der Waals surface area (Å²) in [5, 5.41) is 3.05. The number of aryl methyl sites for hydroxylation is 1. The van der Waals surface area contributed by atoms with Gasteiger partial charge in [-0.1, -0.05) is 50.2 Å². The fourth-order valence-electron chi connectivity index (χ4n) is 3.39. The summed E-state index contributed by atoms with van der Waals surface area (Å²) in [6.07, 6.45) is 1.41. The average molecular weight is 457 g/mol. The molecule has 174 valence electrons. The Balaban J connectivity index is 2.15. The van der Waals surface area contributed by atoms with Crippen LogP contribution in [0.5, 0.6) is 5.75 Å². The van der Waals surface area contributed by atoms with E-state index >= 15 is 0 Å². The van der Waals surface area contributed by atoms with Crippen LogP contribution in [0.25, 0.3) is 0 Å². The van der Waals surface area contributed by atoms with E-state index < -0.39 is 6.04 Å². The predicted molar refractivity (Wildman–Crippen MR) is 133 cm³/mol. The first-order chi connectivity index (χ1) is 15.4. The standard InChI is InChI=1S/C26H36N2O3S/c1-6-20(4)27-26(30)24(7-2)28(16-21-12-14-23(31-5)15-13-21)25(29)18-32-17-22-11-9-8-10-19(22)3/h8-15,20,24H,6-7,16-18H2,1-5H3,(H,27,30)/t20-,24-/m1/s1. The molecular formula is C26H36N2O3S. The lowest BCUT2D eigenvalue weighted by atomic mass is 10.1. The molecule has 1 N–H and O–H groups in total. The summed E-state index contributed by atoms with van der Waals surface area (Å²) >= 11 is 1.59. The Morgan fingerprint density at radius 3 is 2.34 bits per heavy atom. The topological polar surface area (TPSA) is 58.6 Å². The van der Waals surface area contributed by atoms with Crippen LogP contribution in [0.4, 0.5) is 0 Å². The molecule has 2 aromatic carbocycles. The lowest BCUT2D eigenvalue weighted by Crippen LogP contribution is -2.51. The van der Waals surface area contributed by atoms with Crippen LogP contribution in [-0.4, -0.2) is 41.7 Å². The van der Waals surface area contributed by atoms with Crippen molar-refractivity contribution < 1.29 is 14.3 Å². The molecule has 0 fully saturated rings. The monoisotopic (exact) mass is 456 g/mol. The number of thioether (sulfide) groups is 1. The highest BCUT2D eigenvalue weighted by molar-refractivity contribution is 7.99. The highest BCUT2D eigenvalue weighted by Gasteiger charge is 2.29. The highest BCUT2D eigenvalue weighted by atomic mass is 32.2. The van der Waals surface area contributed by atoms with Crippen molar-refractivity contribution in [1.82, 2.24) is 10.2 Å². The van der Waals surface area contributed by atoms with Gasteiger partial charge in [-0.15, -0.1) is 11.8 Å². The van der Waals surface area contributed by atoms with Crippen LogP contribution in [0.3, 0.4) is 0 Å². The van der Waals surface area contributed by atoms with E-state index in [4.69, 9.17) is 4.74 Å². The molecule has 0 heterocycles. The zero-order valence-electron chi connectivity index (χ0n) is 19.9. The first kappa shape index (κ1) is 25.8. The zero-order chi connectivity index (χ0) is 23.5. The van der Waals surface area contributed by atoms with Crippen molar-refractivity contribution in [3.05, 3.63) is 65.2 Å². The third kappa shape index (κ3) is 7.59. The van der Waals surface area contributed by atoms with Crippen molar-refractivity contribution in [2.75, 3.05) is 12.9 Å². The molecule has 2 amide bonds. The molecule has 2 aromatic rings. The Hall–Kier alpha value is -2.47. The van der Waals surface area contributed by atoms with Gasteiger partial charge in [-0.25, -0.2) is 0 Å². The van der Waals surface area contributed by atoms with E-state index in [0.29, 0.717) is 18.7 Å². The molecule has 0 unspecified atom stereocenters. The van der Waals surface area contributed by atoms with Crippen molar-refractivity contribution in [2.24, 2.45) is 0 Å². The molecular weight excluding hydrogens is 420 g/mol. The second-order valence-electron chi connectivity index (χ2n) is 8.03. The summed E-state index contributed by atoms with van der Waals surface area (Å²) in [4.78, 5) is 28.0. The van der Waals surface area contributed by atoms with Gasteiger partial charge in [0, 0.05) is 18.3 Å². The molecule has 0 bridgehead atoms. The lowest BCUT2D eigenvalue weighted by molar-refractivity contribution is -0.139. The minimum absolute atomic E-state index is 0.0226. The number of ether oxygens (including phenoxy) is 1. The maximum absolute atomic E-state index is 13.3. The summed E-state index contributed by atoms with van der Waals surface area (Å²) in [5.41, 5.74) is 3.42. The number of nitrogens with one attached hydrogen (secondary N) is 1. The molecule has 0 aliphatic rings. The average Bonchev–Trinajstić information content (AvgIpc) is 2.80.